The highest BCUT2D eigenvalue weighted by Gasteiger charge is 2.41. The molecular weight excluding hydrogens is 452 g/mol. The Morgan fingerprint density at radius 1 is 1.26 bits per heavy atom. The van der Waals surface area contributed by atoms with E-state index in [0.717, 1.165) is 29.5 Å². The number of halogens is 1. The van der Waals surface area contributed by atoms with E-state index in [4.69, 9.17) is 25.8 Å². The van der Waals surface area contributed by atoms with Crippen LogP contribution in [0.2, 0.25) is 5.02 Å². The lowest BCUT2D eigenvalue weighted by atomic mass is 9.61. The van der Waals surface area contributed by atoms with Gasteiger partial charge in [0.15, 0.2) is 6.29 Å². The lowest BCUT2D eigenvalue weighted by Crippen LogP contribution is -2.40. The molecule has 0 bridgehead atoms. The molecule has 0 amide bonds. The number of Topliss-reactive ketones (excluding diaryl/α,β-unsaturated/α-hetero) is 1. The number of ether oxygens (including phenoxy) is 3. The molecule has 3 unspecified atom stereocenters. The van der Waals surface area contributed by atoms with Crippen molar-refractivity contribution >= 4 is 17.4 Å². The molecule has 34 heavy (non-hydrogen) atoms. The molecule has 0 spiro atoms. The first-order valence-electron chi connectivity index (χ1n) is 12.3. The molecule has 1 aliphatic carbocycles. The van der Waals surface area contributed by atoms with Gasteiger partial charge in [0.05, 0.1) is 25.3 Å². The van der Waals surface area contributed by atoms with Gasteiger partial charge in [-0.15, -0.1) is 0 Å². The molecule has 0 radical (unpaired) electrons. The number of hydrogen-bond donors (Lipinski definition) is 1. The van der Waals surface area contributed by atoms with E-state index in [1.54, 1.807) is 7.11 Å². The molecule has 3 rings (SSSR count). The maximum absolute atomic E-state index is 12.3. The van der Waals surface area contributed by atoms with Crippen LogP contribution in [0.5, 0.6) is 11.5 Å². The number of phenolic OH excluding ortho intramolecular Hbond substituents is 1. The predicted octanol–water partition coefficient (Wildman–Crippen LogP) is 6.35. The number of allylic oxidation sites excluding steroid dienone is 4. The third-order valence-corrected chi connectivity index (χ3v) is 8.39. The summed E-state index contributed by atoms with van der Waals surface area (Å²) in [7, 11) is 1.57. The van der Waals surface area contributed by atoms with Crippen molar-refractivity contribution in [3.05, 3.63) is 45.5 Å². The Hall–Kier alpha value is -1.82. The largest absolute Gasteiger partial charge is 0.507 e. The fourth-order valence-corrected chi connectivity index (χ4v) is 5.29. The van der Waals surface area contributed by atoms with Crippen LogP contribution in [0, 0.1) is 24.2 Å². The Bertz CT molecular complexity index is 960. The number of aromatic hydroxyl groups is 1. The van der Waals surface area contributed by atoms with Crippen LogP contribution in [0.25, 0.3) is 0 Å². The zero-order valence-electron chi connectivity index (χ0n) is 21.4. The zero-order valence-corrected chi connectivity index (χ0v) is 22.1. The Kier molecular flexibility index (Phi) is 8.88. The van der Waals surface area contributed by atoms with Crippen LogP contribution < -0.4 is 4.74 Å². The zero-order chi connectivity index (χ0) is 25.0. The molecule has 1 aliphatic heterocycles. The molecule has 0 aromatic heterocycles. The molecule has 2 fully saturated rings. The SMILES string of the molecule is COc1c(Cl)c(C)c(CC2OCCCO2)c(O)c1C/C=C(C)\C=C\C1(C)C(C)CCC(=O)C1C. The molecule has 1 heterocycles. The van der Waals surface area contributed by atoms with E-state index in [1.165, 1.54) is 0 Å². The van der Waals surface area contributed by atoms with Crippen molar-refractivity contribution in [2.75, 3.05) is 20.3 Å². The van der Waals surface area contributed by atoms with Gasteiger partial charge in [0.2, 0.25) is 0 Å². The smallest absolute Gasteiger partial charge is 0.161 e. The number of rotatable bonds is 7. The molecule has 1 saturated carbocycles. The molecule has 2 aliphatic rings. The van der Waals surface area contributed by atoms with Crippen molar-refractivity contribution in [3.63, 3.8) is 0 Å². The van der Waals surface area contributed by atoms with Crippen LogP contribution >= 0.6 is 11.6 Å². The van der Waals surface area contributed by atoms with Crippen molar-refractivity contribution in [1.29, 1.82) is 0 Å². The molecule has 5 nitrogen and oxygen atoms in total. The van der Waals surface area contributed by atoms with Gasteiger partial charge in [-0.2, -0.15) is 0 Å². The second kappa shape index (κ2) is 11.3. The van der Waals surface area contributed by atoms with E-state index in [2.05, 4.69) is 32.1 Å². The van der Waals surface area contributed by atoms with Crippen LogP contribution in [-0.4, -0.2) is 37.5 Å². The first-order valence-corrected chi connectivity index (χ1v) is 12.7. The summed E-state index contributed by atoms with van der Waals surface area (Å²) in [5, 5.41) is 11.7. The minimum Gasteiger partial charge on any atom is -0.507 e. The van der Waals surface area contributed by atoms with E-state index in [1.807, 2.05) is 20.8 Å². The summed E-state index contributed by atoms with van der Waals surface area (Å²) in [6.07, 6.45) is 9.31. The van der Waals surface area contributed by atoms with E-state index < -0.39 is 6.29 Å². The van der Waals surface area contributed by atoms with Gasteiger partial charge in [0, 0.05) is 29.9 Å². The molecule has 6 heteroatoms. The molecule has 188 valence electrons. The number of hydrogen-bond acceptors (Lipinski definition) is 5. The van der Waals surface area contributed by atoms with E-state index in [-0.39, 0.29) is 17.1 Å². The minimum absolute atomic E-state index is 0.00660. The topological polar surface area (TPSA) is 65.0 Å². The monoisotopic (exact) mass is 490 g/mol. The highest BCUT2D eigenvalue weighted by atomic mass is 35.5. The van der Waals surface area contributed by atoms with Gasteiger partial charge in [-0.25, -0.2) is 0 Å². The average molecular weight is 491 g/mol. The van der Waals surface area contributed by atoms with Gasteiger partial charge in [0.25, 0.3) is 0 Å². The summed E-state index contributed by atoms with van der Waals surface area (Å²) < 4.78 is 17.0. The van der Waals surface area contributed by atoms with Gasteiger partial charge in [-0.05, 0) is 50.0 Å². The lowest BCUT2D eigenvalue weighted by Gasteiger charge is -2.42. The summed E-state index contributed by atoms with van der Waals surface area (Å²) in [4.78, 5) is 12.3. The van der Waals surface area contributed by atoms with Crippen LogP contribution in [0.15, 0.2) is 23.8 Å². The van der Waals surface area contributed by atoms with E-state index in [0.29, 0.717) is 60.5 Å². The first kappa shape index (κ1) is 26.8. The molecular formula is C28H39ClO5. The number of benzene rings is 1. The van der Waals surface area contributed by atoms with Gasteiger partial charge in [-0.1, -0.05) is 56.2 Å². The quantitative estimate of drug-likeness (QED) is 0.451. The fourth-order valence-electron chi connectivity index (χ4n) is 4.99. The van der Waals surface area contributed by atoms with Gasteiger partial charge in [0.1, 0.15) is 17.3 Å². The molecule has 3 atom stereocenters. The average Bonchev–Trinajstić information content (AvgIpc) is 2.83. The number of ketones is 1. The van der Waals surface area contributed by atoms with Crippen LogP contribution in [-0.2, 0) is 27.1 Å². The van der Waals surface area contributed by atoms with Crippen molar-refractivity contribution in [3.8, 4) is 11.5 Å². The molecule has 1 aromatic rings. The summed E-state index contributed by atoms with van der Waals surface area (Å²) in [5.74, 6) is 1.46. The minimum atomic E-state index is -0.390. The summed E-state index contributed by atoms with van der Waals surface area (Å²) >= 11 is 6.65. The Morgan fingerprint density at radius 3 is 2.59 bits per heavy atom. The first-order chi connectivity index (χ1) is 16.1. The van der Waals surface area contributed by atoms with E-state index >= 15 is 0 Å². The Morgan fingerprint density at radius 2 is 1.94 bits per heavy atom. The number of carbonyl (C=O) groups excluding carboxylic acids is 1. The third kappa shape index (κ3) is 5.53. The molecule has 1 aromatic carbocycles. The van der Waals surface area contributed by atoms with Crippen molar-refractivity contribution in [2.45, 2.75) is 73.0 Å². The summed E-state index contributed by atoms with van der Waals surface area (Å²) in [5.41, 5.74) is 3.04. The van der Waals surface area contributed by atoms with Crippen molar-refractivity contribution in [1.82, 2.24) is 0 Å². The van der Waals surface area contributed by atoms with Gasteiger partial charge < -0.3 is 19.3 Å². The van der Waals surface area contributed by atoms with Crippen LogP contribution in [0.1, 0.15) is 63.6 Å². The maximum Gasteiger partial charge on any atom is 0.161 e. The molecule has 1 saturated heterocycles. The second-order valence-electron chi connectivity index (χ2n) is 9.99. The highest BCUT2D eigenvalue weighted by molar-refractivity contribution is 6.33. The van der Waals surface area contributed by atoms with E-state index in [9.17, 15) is 9.90 Å². The highest BCUT2D eigenvalue weighted by Crippen LogP contribution is 2.45. The standard InChI is InChI=1S/C28H39ClO5/c1-17(12-13-28(5)18(2)9-11-23(30)20(28)4)8-10-21-26(31)22(16-24-33-14-7-15-34-24)19(3)25(29)27(21)32-6/h8,12-13,18,20,24,31H,7,9-11,14-16H2,1-6H3/b13-12+,17-8-. The van der Waals surface area contributed by atoms with Crippen molar-refractivity contribution in [2.24, 2.45) is 17.3 Å². The van der Waals surface area contributed by atoms with Gasteiger partial charge in [-0.3, -0.25) is 4.79 Å². The fraction of sp³-hybridized carbons (Fsp3) is 0.607. The van der Waals surface area contributed by atoms with Crippen molar-refractivity contribution < 1.29 is 24.1 Å². The lowest BCUT2D eigenvalue weighted by molar-refractivity contribution is -0.177. The third-order valence-electron chi connectivity index (χ3n) is 7.93. The number of carbonyl (C=O) groups is 1. The normalized spacial score (nSPS) is 26.9. The predicted molar refractivity (Wildman–Crippen MR) is 136 cm³/mol. The molecule has 1 N–H and O–H groups in total. The van der Waals surface area contributed by atoms with Crippen LogP contribution in [0.4, 0.5) is 0 Å². The maximum atomic E-state index is 12.3. The summed E-state index contributed by atoms with van der Waals surface area (Å²) in [6, 6.07) is 0. The Balaban J connectivity index is 1.86. The second-order valence-corrected chi connectivity index (χ2v) is 10.4. The number of methoxy groups -OCH3 is 1. The Labute approximate surface area is 209 Å². The number of phenols is 1. The summed E-state index contributed by atoms with van der Waals surface area (Å²) in [6.45, 7) is 11.7. The van der Waals surface area contributed by atoms with Gasteiger partial charge >= 0.3 is 0 Å². The van der Waals surface area contributed by atoms with Crippen LogP contribution in [0.3, 0.4) is 0 Å².